The van der Waals surface area contributed by atoms with E-state index in [1.807, 2.05) is 6.07 Å². The predicted octanol–water partition coefficient (Wildman–Crippen LogP) is 4.83. The van der Waals surface area contributed by atoms with Crippen LogP contribution in [0.15, 0.2) is 30.3 Å². The smallest absolute Gasteiger partial charge is 0.151 e. The monoisotopic (exact) mass is 495 g/mol. The highest BCUT2D eigenvalue weighted by molar-refractivity contribution is 5.83. The van der Waals surface area contributed by atoms with Gasteiger partial charge in [-0.25, -0.2) is 9.37 Å². The zero-order chi connectivity index (χ0) is 24.9. The van der Waals surface area contributed by atoms with Crippen LogP contribution in [0.25, 0.3) is 0 Å². The van der Waals surface area contributed by atoms with Crippen molar-refractivity contribution in [3.8, 4) is 0 Å². The van der Waals surface area contributed by atoms with Crippen LogP contribution < -0.4 is 5.32 Å². The minimum atomic E-state index is -0.436. The van der Waals surface area contributed by atoms with Crippen LogP contribution >= 0.6 is 0 Å². The lowest BCUT2D eigenvalue weighted by atomic mass is 9.88. The highest BCUT2D eigenvalue weighted by Crippen LogP contribution is 2.36. The van der Waals surface area contributed by atoms with E-state index in [1.165, 1.54) is 18.1 Å². The summed E-state index contributed by atoms with van der Waals surface area (Å²) >= 11 is 0. The van der Waals surface area contributed by atoms with E-state index in [0.717, 1.165) is 74.3 Å². The molecule has 7 heteroatoms. The molecule has 2 aromatic rings. The third-order valence-corrected chi connectivity index (χ3v) is 7.77. The molecule has 0 saturated carbocycles. The minimum absolute atomic E-state index is 0.0495. The van der Waals surface area contributed by atoms with Crippen LogP contribution in [0.5, 0.6) is 0 Å². The third-order valence-electron chi connectivity index (χ3n) is 7.77. The molecule has 2 saturated heterocycles. The number of anilines is 1. The van der Waals surface area contributed by atoms with Crippen LogP contribution in [0.2, 0.25) is 0 Å². The molecule has 0 bridgehead atoms. The molecule has 4 heterocycles. The van der Waals surface area contributed by atoms with E-state index >= 15 is 0 Å². The number of Topliss-reactive ketones (excluding diaryl/α,β-unsaturated/α-hetero) is 1. The summed E-state index contributed by atoms with van der Waals surface area (Å²) in [7, 11) is 0. The molecule has 0 amide bonds. The number of hydrogen-bond acceptors (Lipinski definition) is 6. The van der Waals surface area contributed by atoms with Gasteiger partial charge < -0.3 is 14.8 Å². The van der Waals surface area contributed by atoms with Crippen LogP contribution in [0.4, 0.5) is 10.2 Å². The maximum Gasteiger partial charge on any atom is 0.151 e. The van der Waals surface area contributed by atoms with Gasteiger partial charge in [0.05, 0.1) is 18.8 Å². The number of rotatable bonds is 10. The Morgan fingerprint density at radius 3 is 3.03 bits per heavy atom. The van der Waals surface area contributed by atoms with Gasteiger partial charge in [-0.1, -0.05) is 12.1 Å². The summed E-state index contributed by atoms with van der Waals surface area (Å²) in [6.45, 7) is 6.14. The summed E-state index contributed by atoms with van der Waals surface area (Å²) in [6, 6.07) is 8.83. The summed E-state index contributed by atoms with van der Waals surface area (Å²) in [6.07, 6.45) is 7.16. The Morgan fingerprint density at radius 1 is 1.28 bits per heavy atom. The van der Waals surface area contributed by atoms with Gasteiger partial charge in [0.15, 0.2) is 5.78 Å². The zero-order valence-corrected chi connectivity index (χ0v) is 21.3. The molecule has 1 aromatic heterocycles. The summed E-state index contributed by atoms with van der Waals surface area (Å²) in [4.78, 5) is 19.7. The molecule has 3 aliphatic heterocycles. The molecule has 0 unspecified atom stereocenters. The highest BCUT2D eigenvalue weighted by atomic mass is 19.1. The van der Waals surface area contributed by atoms with E-state index < -0.39 is 6.04 Å². The van der Waals surface area contributed by atoms with Crippen LogP contribution in [0.1, 0.15) is 73.4 Å². The first kappa shape index (κ1) is 25.3. The topological polar surface area (TPSA) is 63.7 Å². The number of unbranched alkanes of at least 4 members (excludes halogenated alkanes) is 1. The first-order valence-corrected chi connectivity index (χ1v) is 13.5. The van der Waals surface area contributed by atoms with E-state index in [4.69, 9.17) is 14.5 Å². The number of carbonyl (C=O) groups excluding carboxylic acids is 1. The Morgan fingerprint density at radius 2 is 2.19 bits per heavy atom. The third kappa shape index (κ3) is 5.96. The number of pyridine rings is 1. The summed E-state index contributed by atoms with van der Waals surface area (Å²) in [5.74, 6) is 1.03. The molecule has 2 fully saturated rings. The second kappa shape index (κ2) is 11.8. The van der Waals surface area contributed by atoms with Gasteiger partial charge in [-0.2, -0.15) is 0 Å². The van der Waals surface area contributed by atoms with Gasteiger partial charge in [-0.05, 0) is 86.8 Å². The lowest BCUT2D eigenvalue weighted by molar-refractivity contribution is -0.122. The van der Waals surface area contributed by atoms with Crippen molar-refractivity contribution in [1.82, 2.24) is 9.88 Å². The van der Waals surface area contributed by atoms with Gasteiger partial charge in [0, 0.05) is 44.5 Å². The standard InChI is InChI=1S/C29H38FN3O3/c1-20(34)28(27-17-23(30)8-10-26(27)22-12-16-35-19-22)33-14-11-25(18-33)36-15-3-2-6-24-9-7-21-5-4-13-31-29(21)32-24/h7-10,17,22,25,28H,2-6,11-16,18-19H2,1H3,(H,31,32)/t22-,25+,28-/m0/s1. The number of likely N-dealkylation sites (tertiary alicyclic amines) is 1. The van der Waals surface area contributed by atoms with Gasteiger partial charge in [0.2, 0.25) is 0 Å². The molecule has 5 rings (SSSR count). The first-order valence-electron chi connectivity index (χ1n) is 13.5. The summed E-state index contributed by atoms with van der Waals surface area (Å²) in [5, 5.41) is 3.41. The SMILES string of the molecule is CC(=O)[C@@H](c1cc(F)ccc1[C@H]1CCOC1)N1CC[C@@H](OCCCCc2ccc3c(n2)NCCC3)C1. The van der Waals surface area contributed by atoms with Crippen molar-refractivity contribution in [2.75, 3.05) is 44.8 Å². The molecule has 1 N–H and O–H groups in total. The maximum atomic E-state index is 14.3. The van der Waals surface area contributed by atoms with Gasteiger partial charge >= 0.3 is 0 Å². The molecule has 0 aliphatic carbocycles. The molecule has 0 spiro atoms. The van der Waals surface area contributed by atoms with E-state index in [1.54, 1.807) is 13.0 Å². The average molecular weight is 496 g/mol. The average Bonchev–Trinajstić information content (AvgIpc) is 3.57. The largest absolute Gasteiger partial charge is 0.381 e. The Kier molecular flexibility index (Phi) is 8.29. The van der Waals surface area contributed by atoms with Gasteiger partial charge in [0.1, 0.15) is 11.6 Å². The number of hydrogen-bond donors (Lipinski definition) is 1. The van der Waals surface area contributed by atoms with Crippen molar-refractivity contribution >= 4 is 11.6 Å². The second-order valence-corrected chi connectivity index (χ2v) is 10.4. The first-order chi connectivity index (χ1) is 17.6. The Labute approximate surface area is 213 Å². The fourth-order valence-corrected chi connectivity index (χ4v) is 5.90. The highest BCUT2D eigenvalue weighted by Gasteiger charge is 2.35. The number of benzene rings is 1. The number of aromatic nitrogens is 1. The Balaban J connectivity index is 1.12. The van der Waals surface area contributed by atoms with Crippen molar-refractivity contribution in [2.45, 2.75) is 69.9 Å². The lowest BCUT2D eigenvalue weighted by Gasteiger charge is -2.29. The number of nitrogens with zero attached hydrogens (tertiary/aromatic N) is 2. The van der Waals surface area contributed by atoms with E-state index in [0.29, 0.717) is 26.4 Å². The fraction of sp³-hybridized carbons (Fsp3) is 0.586. The summed E-state index contributed by atoms with van der Waals surface area (Å²) in [5.41, 5.74) is 4.30. The Hall–Kier alpha value is -2.35. The molecule has 3 atom stereocenters. The van der Waals surface area contributed by atoms with Gasteiger partial charge in [0.25, 0.3) is 0 Å². The number of nitrogens with one attached hydrogen (secondary N) is 1. The number of fused-ring (bicyclic) bond motifs is 1. The van der Waals surface area contributed by atoms with Crippen molar-refractivity contribution in [3.63, 3.8) is 0 Å². The fourth-order valence-electron chi connectivity index (χ4n) is 5.90. The molecular formula is C29H38FN3O3. The van der Waals surface area contributed by atoms with Gasteiger partial charge in [-0.15, -0.1) is 0 Å². The van der Waals surface area contributed by atoms with E-state index in [-0.39, 0.29) is 23.6 Å². The summed E-state index contributed by atoms with van der Waals surface area (Å²) < 4.78 is 26.1. The molecule has 36 heavy (non-hydrogen) atoms. The predicted molar refractivity (Wildman–Crippen MR) is 138 cm³/mol. The van der Waals surface area contributed by atoms with Crippen LogP contribution in [0, 0.1) is 5.82 Å². The van der Waals surface area contributed by atoms with E-state index in [2.05, 4.69) is 22.3 Å². The van der Waals surface area contributed by atoms with Crippen LogP contribution in [-0.2, 0) is 27.1 Å². The number of ether oxygens (including phenoxy) is 2. The maximum absolute atomic E-state index is 14.3. The molecule has 194 valence electrons. The number of ketones is 1. The molecule has 3 aliphatic rings. The number of aryl methyl sites for hydroxylation is 2. The molecule has 0 radical (unpaired) electrons. The number of halogens is 1. The zero-order valence-electron chi connectivity index (χ0n) is 21.3. The van der Waals surface area contributed by atoms with Gasteiger partial charge in [-0.3, -0.25) is 9.69 Å². The second-order valence-electron chi connectivity index (χ2n) is 10.4. The molecule has 1 aromatic carbocycles. The van der Waals surface area contributed by atoms with Crippen LogP contribution in [0.3, 0.4) is 0 Å². The van der Waals surface area contributed by atoms with Crippen molar-refractivity contribution in [3.05, 3.63) is 58.5 Å². The van der Waals surface area contributed by atoms with Crippen molar-refractivity contribution in [2.24, 2.45) is 0 Å². The lowest BCUT2D eigenvalue weighted by Crippen LogP contribution is -2.33. The minimum Gasteiger partial charge on any atom is -0.381 e. The van der Waals surface area contributed by atoms with Crippen LogP contribution in [-0.4, -0.2) is 61.2 Å². The normalized spacial score (nSPS) is 22.8. The van der Waals surface area contributed by atoms with Crippen molar-refractivity contribution < 1.29 is 18.7 Å². The van der Waals surface area contributed by atoms with E-state index in [9.17, 15) is 9.18 Å². The van der Waals surface area contributed by atoms with Crippen molar-refractivity contribution in [1.29, 1.82) is 0 Å². The molecule has 6 nitrogen and oxygen atoms in total. The quantitative estimate of drug-likeness (QED) is 0.477. The Bertz CT molecular complexity index is 1060. The number of carbonyl (C=O) groups is 1. The molecular weight excluding hydrogens is 457 g/mol.